The Morgan fingerprint density at radius 2 is 2.00 bits per heavy atom. The van der Waals surface area contributed by atoms with Crippen molar-refractivity contribution in [1.82, 2.24) is 15.1 Å². The van der Waals surface area contributed by atoms with Crippen LogP contribution in [0, 0.1) is 5.92 Å². The van der Waals surface area contributed by atoms with E-state index in [9.17, 15) is 9.59 Å². The molecule has 4 rings (SSSR count). The van der Waals surface area contributed by atoms with E-state index < -0.39 is 0 Å². The number of nitrogens with zero attached hydrogens (tertiary/aromatic N) is 2. The maximum atomic E-state index is 12.9. The molecule has 0 saturated carbocycles. The van der Waals surface area contributed by atoms with Gasteiger partial charge >= 0.3 is 0 Å². The fraction of sp³-hybridized carbons (Fsp3) is 0.250. The summed E-state index contributed by atoms with van der Waals surface area (Å²) in [5.74, 6) is -0.349. The number of piperidine rings is 1. The Hall–Kier alpha value is -2.86. The molecule has 138 valence electrons. The van der Waals surface area contributed by atoms with Crippen LogP contribution in [0.5, 0.6) is 0 Å². The number of rotatable bonds is 3. The molecule has 0 radical (unpaired) electrons. The Morgan fingerprint density at radius 1 is 1.19 bits per heavy atom. The van der Waals surface area contributed by atoms with Gasteiger partial charge in [-0.2, -0.15) is 5.10 Å². The van der Waals surface area contributed by atoms with Gasteiger partial charge in [0.25, 0.3) is 5.91 Å². The largest absolute Gasteiger partial charge is 0.338 e. The number of nitrogens with one attached hydrogen (secondary N) is 2. The summed E-state index contributed by atoms with van der Waals surface area (Å²) in [6.07, 6.45) is 3.27. The number of carbonyl (C=O) groups is 2. The zero-order valence-electron chi connectivity index (χ0n) is 14.6. The third-order valence-electron chi connectivity index (χ3n) is 4.88. The number of likely N-dealkylation sites (tertiary alicyclic amines) is 1. The lowest BCUT2D eigenvalue weighted by Crippen LogP contribution is -2.43. The van der Waals surface area contributed by atoms with E-state index in [0.717, 1.165) is 23.7 Å². The Labute approximate surface area is 161 Å². The van der Waals surface area contributed by atoms with Crippen LogP contribution >= 0.6 is 11.6 Å². The number of amides is 2. The molecule has 2 amide bonds. The Kier molecular flexibility index (Phi) is 4.81. The zero-order chi connectivity index (χ0) is 18.8. The predicted molar refractivity (Wildman–Crippen MR) is 105 cm³/mol. The molecule has 6 nitrogen and oxygen atoms in total. The molecular weight excluding hydrogens is 364 g/mol. The second kappa shape index (κ2) is 7.40. The number of halogens is 1. The first kappa shape index (κ1) is 17.5. The summed E-state index contributed by atoms with van der Waals surface area (Å²) in [4.78, 5) is 27.2. The van der Waals surface area contributed by atoms with Gasteiger partial charge in [-0.05, 0) is 55.3 Å². The van der Waals surface area contributed by atoms with E-state index in [1.54, 1.807) is 41.4 Å². The standard InChI is InChI=1S/C20H19ClN4O2/c21-16-4-6-17(7-5-16)23-19(26)14-2-1-9-25(12-14)20(27)13-3-8-18-15(10-13)11-22-24-18/h3-8,10-11,14H,1-2,9,12H2,(H,22,24)(H,23,26). The fourth-order valence-corrected chi connectivity index (χ4v) is 3.54. The third kappa shape index (κ3) is 3.80. The highest BCUT2D eigenvalue weighted by Crippen LogP contribution is 2.22. The first-order chi connectivity index (χ1) is 13.1. The van der Waals surface area contributed by atoms with Crippen LogP contribution < -0.4 is 5.32 Å². The van der Waals surface area contributed by atoms with Crippen LogP contribution in [0.15, 0.2) is 48.7 Å². The monoisotopic (exact) mass is 382 g/mol. The lowest BCUT2D eigenvalue weighted by Gasteiger charge is -2.32. The van der Waals surface area contributed by atoms with Crippen LogP contribution in [0.25, 0.3) is 10.9 Å². The number of H-pyrrole nitrogens is 1. The number of hydrogen-bond donors (Lipinski definition) is 2. The number of fused-ring (bicyclic) bond motifs is 1. The molecule has 1 aliphatic heterocycles. The number of aromatic nitrogens is 2. The summed E-state index contributed by atoms with van der Waals surface area (Å²) in [6.45, 7) is 1.08. The van der Waals surface area contributed by atoms with Gasteiger partial charge in [0.15, 0.2) is 0 Å². The lowest BCUT2D eigenvalue weighted by molar-refractivity contribution is -0.121. The topological polar surface area (TPSA) is 78.1 Å². The van der Waals surface area contributed by atoms with Gasteiger partial charge < -0.3 is 10.2 Å². The highest BCUT2D eigenvalue weighted by molar-refractivity contribution is 6.30. The molecule has 1 saturated heterocycles. The molecular formula is C20H19ClN4O2. The van der Waals surface area contributed by atoms with E-state index in [1.165, 1.54) is 0 Å². The molecule has 1 atom stereocenters. The van der Waals surface area contributed by atoms with Gasteiger partial charge in [0.05, 0.1) is 17.6 Å². The molecule has 1 unspecified atom stereocenters. The maximum absolute atomic E-state index is 12.9. The van der Waals surface area contributed by atoms with Gasteiger partial charge in [-0.1, -0.05) is 11.6 Å². The van der Waals surface area contributed by atoms with Crippen molar-refractivity contribution in [3.05, 3.63) is 59.2 Å². The maximum Gasteiger partial charge on any atom is 0.253 e. The summed E-state index contributed by atoms with van der Waals surface area (Å²) in [5, 5.41) is 11.3. The second-order valence-corrected chi connectivity index (χ2v) is 7.19. The average molecular weight is 383 g/mol. The lowest BCUT2D eigenvalue weighted by atomic mass is 9.96. The van der Waals surface area contributed by atoms with Crippen molar-refractivity contribution in [1.29, 1.82) is 0 Å². The molecule has 2 heterocycles. The minimum atomic E-state index is -0.226. The van der Waals surface area contributed by atoms with Crippen molar-refractivity contribution in [2.45, 2.75) is 12.8 Å². The van der Waals surface area contributed by atoms with E-state index in [-0.39, 0.29) is 17.7 Å². The highest BCUT2D eigenvalue weighted by Gasteiger charge is 2.29. The van der Waals surface area contributed by atoms with Crippen molar-refractivity contribution in [2.24, 2.45) is 5.92 Å². The van der Waals surface area contributed by atoms with Crippen molar-refractivity contribution in [3.63, 3.8) is 0 Å². The highest BCUT2D eigenvalue weighted by atomic mass is 35.5. The van der Waals surface area contributed by atoms with Crippen molar-refractivity contribution < 1.29 is 9.59 Å². The molecule has 27 heavy (non-hydrogen) atoms. The van der Waals surface area contributed by atoms with Gasteiger partial charge in [0.1, 0.15) is 0 Å². The van der Waals surface area contributed by atoms with Gasteiger partial charge in [-0.25, -0.2) is 0 Å². The van der Waals surface area contributed by atoms with Gasteiger partial charge in [0, 0.05) is 34.7 Å². The minimum Gasteiger partial charge on any atom is -0.338 e. The van der Waals surface area contributed by atoms with Gasteiger partial charge in [-0.15, -0.1) is 0 Å². The Bertz CT molecular complexity index is 983. The van der Waals surface area contributed by atoms with Gasteiger partial charge in [-0.3, -0.25) is 14.7 Å². The molecule has 0 aliphatic carbocycles. The van der Waals surface area contributed by atoms with E-state index in [2.05, 4.69) is 15.5 Å². The molecule has 1 aliphatic rings. The summed E-state index contributed by atoms with van der Waals surface area (Å²) >= 11 is 5.88. The Balaban J connectivity index is 1.44. The SMILES string of the molecule is O=C(Nc1ccc(Cl)cc1)C1CCCN(C(=O)c2ccc3[nH]ncc3c2)C1. The number of hydrogen-bond acceptors (Lipinski definition) is 3. The summed E-state index contributed by atoms with van der Waals surface area (Å²) in [5.41, 5.74) is 2.21. The molecule has 1 fully saturated rings. The molecule has 3 aromatic rings. The van der Waals surface area contributed by atoms with Crippen LogP contribution in [0.2, 0.25) is 5.02 Å². The zero-order valence-corrected chi connectivity index (χ0v) is 15.4. The smallest absolute Gasteiger partial charge is 0.253 e. The van der Waals surface area contributed by atoms with E-state index >= 15 is 0 Å². The number of carbonyl (C=O) groups excluding carboxylic acids is 2. The van der Waals surface area contributed by atoms with Crippen molar-refractivity contribution in [2.75, 3.05) is 18.4 Å². The molecule has 1 aromatic heterocycles. The third-order valence-corrected chi connectivity index (χ3v) is 5.13. The second-order valence-electron chi connectivity index (χ2n) is 6.76. The summed E-state index contributed by atoms with van der Waals surface area (Å²) in [7, 11) is 0. The van der Waals surface area contributed by atoms with Crippen LogP contribution in [-0.2, 0) is 4.79 Å². The molecule has 7 heteroatoms. The normalized spacial score (nSPS) is 17.1. The first-order valence-electron chi connectivity index (χ1n) is 8.89. The molecule has 2 N–H and O–H groups in total. The number of benzene rings is 2. The van der Waals surface area contributed by atoms with Crippen LogP contribution in [0.4, 0.5) is 5.69 Å². The van der Waals surface area contributed by atoms with Gasteiger partial charge in [0.2, 0.25) is 5.91 Å². The Morgan fingerprint density at radius 3 is 2.81 bits per heavy atom. The number of aromatic amines is 1. The van der Waals surface area contributed by atoms with E-state index in [0.29, 0.717) is 29.4 Å². The predicted octanol–water partition coefficient (Wildman–Crippen LogP) is 3.71. The van der Waals surface area contributed by atoms with Crippen molar-refractivity contribution >= 4 is 40.0 Å². The van der Waals surface area contributed by atoms with Crippen LogP contribution in [0.1, 0.15) is 23.2 Å². The summed E-state index contributed by atoms with van der Waals surface area (Å²) < 4.78 is 0. The molecule has 0 bridgehead atoms. The van der Waals surface area contributed by atoms with E-state index in [4.69, 9.17) is 11.6 Å². The van der Waals surface area contributed by atoms with Crippen molar-refractivity contribution in [3.8, 4) is 0 Å². The van der Waals surface area contributed by atoms with E-state index in [1.807, 2.05) is 12.1 Å². The molecule has 2 aromatic carbocycles. The quantitative estimate of drug-likeness (QED) is 0.724. The van der Waals surface area contributed by atoms with Crippen LogP contribution in [-0.4, -0.2) is 40.0 Å². The minimum absolute atomic E-state index is 0.0536. The van der Waals surface area contributed by atoms with Crippen LogP contribution in [0.3, 0.4) is 0 Å². The fourth-order valence-electron chi connectivity index (χ4n) is 3.41. The first-order valence-corrected chi connectivity index (χ1v) is 9.27. The average Bonchev–Trinajstić information content (AvgIpc) is 3.17. The molecule has 0 spiro atoms. The number of anilines is 1. The summed E-state index contributed by atoms with van der Waals surface area (Å²) in [6, 6.07) is 12.5.